The Balaban J connectivity index is 2.18. The van der Waals surface area contributed by atoms with Gasteiger partial charge >= 0.3 is 0 Å². The number of nitrogens with zero attached hydrogens (tertiary/aromatic N) is 2. The van der Waals surface area contributed by atoms with Gasteiger partial charge in [0.05, 0.1) is 19.8 Å². The minimum Gasteiger partial charge on any atom is -0.497 e. The lowest BCUT2D eigenvalue weighted by Gasteiger charge is -2.27. The molecule has 0 fully saturated rings. The maximum absolute atomic E-state index is 12.8. The molecule has 0 heterocycles. The second-order valence-electron chi connectivity index (χ2n) is 5.95. The van der Waals surface area contributed by atoms with Crippen molar-refractivity contribution in [1.82, 2.24) is 4.90 Å². The smallest absolute Gasteiger partial charge is 0.254 e. The van der Waals surface area contributed by atoms with Crippen molar-refractivity contribution in [2.75, 3.05) is 39.3 Å². The molecule has 2 rings (SSSR count). The molecule has 0 aliphatic rings. The number of ether oxygens (including phenoxy) is 1. The summed E-state index contributed by atoms with van der Waals surface area (Å²) in [6, 6.07) is 14.5. The van der Waals surface area contributed by atoms with Gasteiger partial charge in [0.25, 0.3) is 5.91 Å². The molecule has 0 aliphatic heterocycles. The quantitative estimate of drug-likeness (QED) is 0.840. The van der Waals surface area contributed by atoms with Crippen LogP contribution in [0.4, 0.5) is 5.69 Å². The summed E-state index contributed by atoms with van der Waals surface area (Å²) >= 11 is 0. The molecule has 5 nitrogen and oxygen atoms in total. The van der Waals surface area contributed by atoms with E-state index in [-0.39, 0.29) is 12.5 Å². The molecule has 1 atom stereocenters. The first kappa shape index (κ1) is 18.8. The minimum atomic E-state index is -0.406. The van der Waals surface area contributed by atoms with Crippen LogP contribution in [-0.2, 0) is 0 Å². The number of hydrogen-bond donors (Lipinski definition) is 1. The van der Waals surface area contributed by atoms with Crippen molar-refractivity contribution in [1.29, 1.82) is 0 Å². The third-order valence-corrected chi connectivity index (χ3v) is 4.49. The second-order valence-corrected chi connectivity index (χ2v) is 5.95. The minimum absolute atomic E-state index is 0.124. The number of likely N-dealkylation sites (N-methyl/N-ethyl adjacent to an activating group) is 1. The van der Waals surface area contributed by atoms with E-state index in [0.29, 0.717) is 5.56 Å². The highest BCUT2D eigenvalue weighted by atomic mass is 16.5. The van der Waals surface area contributed by atoms with Crippen molar-refractivity contribution >= 4 is 11.6 Å². The standard InChI is InChI=1S/C20H26N2O3/c1-5-21(2)17-10-6-16(7-11-17)20(24)22(3)19(14-23)15-8-12-18(25-4)13-9-15/h6-13,19,23H,5,14H2,1-4H3. The van der Waals surface area contributed by atoms with Crippen LogP contribution in [-0.4, -0.2) is 50.3 Å². The summed E-state index contributed by atoms with van der Waals surface area (Å²) in [5.41, 5.74) is 2.53. The number of methoxy groups -OCH3 is 1. The van der Waals surface area contributed by atoms with Crippen LogP contribution in [0.3, 0.4) is 0 Å². The van der Waals surface area contributed by atoms with Crippen LogP contribution in [0.25, 0.3) is 0 Å². The Labute approximate surface area is 149 Å². The first-order valence-corrected chi connectivity index (χ1v) is 8.35. The van der Waals surface area contributed by atoms with Crippen molar-refractivity contribution in [2.45, 2.75) is 13.0 Å². The number of benzene rings is 2. The number of amides is 1. The molecule has 134 valence electrons. The van der Waals surface area contributed by atoms with Gasteiger partial charge in [-0.1, -0.05) is 12.1 Å². The Bertz CT molecular complexity index is 683. The highest BCUT2D eigenvalue weighted by Gasteiger charge is 2.22. The average Bonchev–Trinajstić information content (AvgIpc) is 2.67. The number of anilines is 1. The Morgan fingerprint density at radius 2 is 1.68 bits per heavy atom. The van der Waals surface area contributed by atoms with E-state index in [4.69, 9.17) is 4.74 Å². The third kappa shape index (κ3) is 4.31. The fourth-order valence-electron chi connectivity index (χ4n) is 2.66. The molecule has 0 bridgehead atoms. The molecular weight excluding hydrogens is 316 g/mol. The molecule has 5 heteroatoms. The molecule has 1 amide bonds. The number of aliphatic hydroxyl groups excluding tert-OH is 1. The van der Waals surface area contributed by atoms with Crippen LogP contribution in [0.2, 0.25) is 0 Å². The highest BCUT2D eigenvalue weighted by molar-refractivity contribution is 5.94. The second kappa shape index (κ2) is 8.53. The number of carbonyl (C=O) groups is 1. The van der Waals surface area contributed by atoms with Gasteiger partial charge in [0.1, 0.15) is 5.75 Å². The predicted molar refractivity (Wildman–Crippen MR) is 100 cm³/mol. The maximum Gasteiger partial charge on any atom is 0.254 e. The molecule has 0 saturated heterocycles. The average molecular weight is 342 g/mol. The number of hydrogen-bond acceptors (Lipinski definition) is 4. The monoisotopic (exact) mass is 342 g/mol. The van der Waals surface area contributed by atoms with Crippen LogP contribution in [0.5, 0.6) is 5.75 Å². The first-order chi connectivity index (χ1) is 12.0. The van der Waals surface area contributed by atoms with Gasteiger partial charge in [-0.2, -0.15) is 0 Å². The van der Waals surface area contributed by atoms with Gasteiger partial charge in [-0.3, -0.25) is 4.79 Å². The SMILES string of the molecule is CCN(C)c1ccc(C(=O)N(C)C(CO)c2ccc(OC)cc2)cc1. The lowest BCUT2D eigenvalue weighted by molar-refractivity contribution is 0.0658. The summed E-state index contributed by atoms with van der Waals surface area (Å²) in [4.78, 5) is 16.4. The van der Waals surface area contributed by atoms with Crippen LogP contribution in [0.1, 0.15) is 28.9 Å². The summed E-state index contributed by atoms with van der Waals surface area (Å²) in [6.45, 7) is 2.83. The van der Waals surface area contributed by atoms with E-state index in [2.05, 4.69) is 11.8 Å². The topological polar surface area (TPSA) is 53.0 Å². The molecule has 0 aromatic heterocycles. The zero-order valence-corrected chi connectivity index (χ0v) is 15.3. The Morgan fingerprint density at radius 3 is 2.16 bits per heavy atom. The zero-order valence-electron chi connectivity index (χ0n) is 15.3. The summed E-state index contributed by atoms with van der Waals surface area (Å²) in [5.74, 6) is 0.616. The zero-order chi connectivity index (χ0) is 18.4. The van der Waals surface area contributed by atoms with E-state index in [0.717, 1.165) is 23.5 Å². The van der Waals surface area contributed by atoms with Crippen LogP contribution in [0, 0.1) is 0 Å². The number of rotatable bonds is 7. The van der Waals surface area contributed by atoms with E-state index in [1.165, 1.54) is 0 Å². The Hall–Kier alpha value is -2.53. The molecule has 0 spiro atoms. The van der Waals surface area contributed by atoms with Gasteiger partial charge in [-0.05, 0) is 48.9 Å². The van der Waals surface area contributed by atoms with Crippen molar-refractivity contribution in [3.63, 3.8) is 0 Å². The summed E-state index contributed by atoms with van der Waals surface area (Å²) in [6.07, 6.45) is 0. The van der Waals surface area contributed by atoms with E-state index >= 15 is 0 Å². The third-order valence-electron chi connectivity index (χ3n) is 4.49. The molecule has 1 N–H and O–H groups in total. The van der Waals surface area contributed by atoms with Crippen LogP contribution in [0.15, 0.2) is 48.5 Å². The fourth-order valence-corrected chi connectivity index (χ4v) is 2.66. The summed E-state index contributed by atoms with van der Waals surface area (Å²) in [5, 5.41) is 9.79. The van der Waals surface area contributed by atoms with Crippen LogP contribution < -0.4 is 9.64 Å². The summed E-state index contributed by atoms with van der Waals surface area (Å²) in [7, 11) is 5.32. The van der Waals surface area contributed by atoms with Crippen molar-refractivity contribution in [3.05, 3.63) is 59.7 Å². The normalized spacial score (nSPS) is 11.7. The largest absolute Gasteiger partial charge is 0.497 e. The predicted octanol–water partition coefficient (Wildman–Crippen LogP) is 2.96. The highest BCUT2D eigenvalue weighted by Crippen LogP contribution is 2.24. The molecule has 0 radical (unpaired) electrons. The number of aliphatic hydroxyl groups is 1. The van der Waals surface area contributed by atoms with Gasteiger partial charge in [-0.25, -0.2) is 0 Å². The summed E-state index contributed by atoms with van der Waals surface area (Å²) < 4.78 is 5.15. The van der Waals surface area contributed by atoms with Crippen molar-refractivity contribution in [2.24, 2.45) is 0 Å². The molecule has 2 aromatic carbocycles. The van der Waals surface area contributed by atoms with Gasteiger partial charge in [0.15, 0.2) is 0 Å². The van der Waals surface area contributed by atoms with E-state index < -0.39 is 6.04 Å². The van der Waals surface area contributed by atoms with E-state index in [9.17, 15) is 9.90 Å². The molecule has 25 heavy (non-hydrogen) atoms. The maximum atomic E-state index is 12.8. The van der Waals surface area contributed by atoms with Gasteiger partial charge < -0.3 is 19.6 Å². The number of carbonyl (C=O) groups excluding carboxylic acids is 1. The lowest BCUT2D eigenvalue weighted by Crippen LogP contribution is -2.33. The van der Waals surface area contributed by atoms with Gasteiger partial charge in [0.2, 0.25) is 0 Å². The first-order valence-electron chi connectivity index (χ1n) is 8.35. The van der Waals surface area contributed by atoms with Gasteiger partial charge in [-0.15, -0.1) is 0 Å². The molecule has 2 aromatic rings. The van der Waals surface area contributed by atoms with E-state index in [1.807, 2.05) is 55.6 Å². The molecular formula is C20H26N2O3. The lowest BCUT2D eigenvalue weighted by atomic mass is 10.0. The molecule has 1 unspecified atom stereocenters. The van der Waals surface area contributed by atoms with Crippen molar-refractivity contribution in [3.8, 4) is 5.75 Å². The van der Waals surface area contributed by atoms with Crippen LogP contribution >= 0.6 is 0 Å². The fraction of sp³-hybridized carbons (Fsp3) is 0.350. The van der Waals surface area contributed by atoms with Crippen molar-refractivity contribution < 1.29 is 14.6 Å². The molecule has 0 aliphatic carbocycles. The Kier molecular flexibility index (Phi) is 6.42. The molecule has 0 saturated carbocycles. The van der Waals surface area contributed by atoms with E-state index in [1.54, 1.807) is 19.1 Å². The Morgan fingerprint density at radius 1 is 1.08 bits per heavy atom. The van der Waals surface area contributed by atoms with Gasteiger partial charge in [0, 0.05) is 31.9 Å².